The molecular weight excluding hydrogens is 174 g/mol. The van der Waals surface area contributed by atoms with E-state index in [1.165, 1.54) is 12.8 Å². The molecule has 72 valence electrons. The molecule has 1 N–H and O–H groups in total. The summed E-state index contributed by atoms with van der Waals surface area (Å²) >= 11 is 5.62. The molecule has 3 heteroatoms. The van der Waals surface area contributed by atoms with E-state index in [1.54, 1.807) is 0 Å². The Balaban J connectivity index is 2.26. The number of halogens is 1. The van der Waals surface area contributed by atoms with E-state index in [-0.39, 0.29) is 0 Å². The standard InChI is InChI=1S/C9H18ClNO/c10-5-3-7-11-6-2-1-4-9(11)8-12/h9,12H,1-8H2/t9-/m0/s1. The van der Waals surface area contributed by atoms with Gasteiger partial charge in [0, 0.05) is 11.9 Å². The lowest BCUT2D eigenvalue weighted by atomic mass is 10.0. The highest BCUT2D eigenvalue weighted by atomic mass is 35.5. The average molecular weight is 192 g/mol. The number of nitrogens with zero attached hydrogens (tertiary/aromatic N) is 1. The Morgan fingerprint density at radius 1 is 1.42 bits per heavy atom. The van der Waals surface area contributed by atoms with E-state index in [4.69, 9.17) is 16.7 Å². The van der Waals surface area contributed by atoms with Crippen molar-refractivity contribution in [1.82, 2.24) is 4.90 Å². The van der Waals surface area contributed by atoms with E-state index in [0.29, 0.717) is 12.6 Å². The Morgan fingerprint density at radius 2 is 2.25 bits per heavy atom. The van der Waals surface area contributed by atoms with Crippen LogP contribution in [-0.2, 0) is 0 Å². The third kappa shape index (κ3) is 2.92. The second-order valence-electron chi connectivity index (χ2n) is 3.41. The number of hydrogen-bond acceptors (Lipinski definition) is 2. The van der Waals surface area contributed by atoms with Gasteiger partial charge in [-0.2, -0.15) is 0 Å². The van der Waals surface area contributed by atoms with Crippen LogP contribution in [0.3, 0.4) is 0 Å². The van der Waals surface area contributed by atoms with Gasteiger partial charge in [0.05, 0.1) is 6.61 Å². The van der Waals surface area contributed by atoms with Crippen LogP contribution in [0.1, 0.15) is 25.7 Å². The molecule has 0 aromatic rings. The minimum atomic E-state index is 0.308. The minimum Gasteiger partial charge on any atom is -0.395 e. The van der Waals surface area contributed by atoms with Crippen LogP contribution in [0, 0.1) is 0 Å². The molecule has 1 heterocycles. The largest absolute Gasteiger partial charge is 0.395 e. The van der Waals surface area contributed by atoms with Crippen LogP contribution in [0.15, 0.2) is 0 Å². The maximum Gasteiger partial charge on any atom is 0.0586 e. The number of alkyl halides is 1. The molecule has 0 amide bonds. The molecule has 1 aliphatic rings. The first kappa shape index (κ1) is 10.3. The predicted molar refractivity (Wildman–Crippen MR) is 51.6 cm³/mol. The molecule has 0 radical (unpaired) electrons. The van der Waals surface area contributed by atoms with E-state index in [9.17, 15) is 0 Å². The molecule has 1 atom stereocenters. The van der Waals surface area contributed by atoms with Crippen LogP contribution in [0.4, 0.5) is 0 Å². The van der Waals surface area contributed by atoms with Crippen LogP contribution in [0.25, 0.3) is 0 Å². The topological polar surface area (TPSA) is 23.5 Å². The second kappa shape index (κ2) is 5.79. The number of aliphatic hydroxyl groups excluding tert-OH is 1. The zero-order chi connectivity index (χ0) is 8.81. The first-order valence-corrected chi connectivity index (χ1v) is 5.33. The van der Waals surface area contributed by atoms with Crippen LogP contribution >= 0.6 is 11.6 Å². The SMILES string of the molecule is OC[C@@H]1CCCCN1CCCCl. The predicted octanol–water partition coefficient (Wildman–Crippen LogP) is 1.46. The molecule has 0 aliphatic carbocycles. The Bertz CT molecular complexity index is 121. The van der Waals surface area contributed by atoms with Crippen molar-refractivity contribution in [2.45, 2.75) is 31.7 Å². The molecule has 0 bridgehead atoms. The van der Waals surface area contributed by atoms with Gasteiger partial charge in [-0.3, -0.25) is 4.90 Å². The Labute approximate surface area is 79.5 Å². The highest BCUT2D eigenvalue weighted by Gasteiger charge is 2.20. The van der Waals surface area contributed by atoms with E-state index in [1.807, 2.05) is 0 Å². The smallest absolute Gasteiger partial charge is 0.0586 e. The summed E-state index contributed by atoms with van der Waals surface area (Å²) in [6.07, 6.45) is 4.73. The first-order chi connectivity index (χ1) is 5.88. The highest BCUT2D eigenvalue weighted by molar-refractivity contribution is 6.17. The number of piperidine rings is 1. The summed E-state index contributed by atoms with van der Waals surface area (Å²) in [7, 11) is 0. The van der Waals surface area contributed by atoms with Gasteiger partial charge in [0.2, 0.25) is 0 Å². The Kier molecular flexibility index (Phi) is 4.96. The van der Waals surface area contributed by atoms with Crippen LogP contribution in [0.5, 0.6) is 0 Å². The van der Waals surface area contributed by atoms with Gasteiger partial charge >= 0.3 is 0 Å². The zero-order valence-corrected chi connectivity index (χ0v) is 8.26. The number of rotatable bonds is 4. The fraction of sp³-hybridized carbons (Fsp3) is 1.00. The fourth-order valence-corrected chi connectivity index (χ4v) is 1.94. The average Bonchev–Trinajstić information content (AvgIpc) is 2.15. The minimum absolute atomic E-state index is 0.308. The summed E-state index contributed by atoms with van der Waals surface area (Å²) < 4.78 is 0. The molecule has 0 saturated carbocycles. The van der Waals surface area contributed by atoms with Gasteiger partial charge in [-0.05, 0) is 32.4 Å². The summed E-state index contributed by atoms with van der Waals surface area (Å²) in [6.45, 7) is 2.50. The summed E-state index contributed by atoms with van der Waals surface area (Å²) in [5.41, 5.74) is 0. The van der Waals surface area contributed by atoms with Crippen LogP contribution < -0.4 is 0 Å². The summed E-state index contributed by atoms with van der Waals surface area (Å²) in [6, 6.07) is 0.405. The van der Waals surface area contributed by atoms with Crippen LogP contribution in [-0.4, -0.2) is 41.6 Å². The van der Waals surface area contributed by atoms with Crippen molar-refractivity contribution in [3.8, 4) is 0 Å². The van der Waals surface area contributed by atoms with Crippen molar-refractivity contribution in [2.24, 2.45) is 0 Å². The third-order valence-electron chi connectivity index (χ3n) is 2.54. The first-order valence-electron chi connectivity index (χ1n) is 4.79. The zero-order valence-electron chi connectivity index (χ0n) is 7.51. The van der Waals surface area contributed by atoms with Gasteiger partial charge < -0.3 is 5.11 Å². The van der Waals surface area contributed by atoms with Crippen molar-refractivity contribution in [1.29, 1.82) is 0 Å². The molecule has 1 aliphatic heterocycles. The van der Waals surface area contributed by atoms with Crippen molar-refractivity contribution >= 4 is 11.6 Å². The van der Waals surface area contributed by atoms with E-state index < -0.39 is 0 Å². The summed E-state index contributed by atoms with van der Waals surface area (Å²) in [5, 5.41) is 9.09. The number of likely N-dealkylation sites (tertiary alicyclic amines) is 1. The van der Waals surface area contributed by atoms with E-state index in [0.717, 1.165) is 31.8 Å². The maximum atomic E-state index is 9.09. The summed E-state index contributed by atoms with van der Waals surface area (Å²) in [5.74, 6) is 0.731. The van der Waals surface area contributed by atoms with Gasteiger partial charge in [0.1, 0.15) is 0 Å². The molecule has 0 unspecified atom stereocenters. The number of hydrogen-bond donors (Lipinski definition) is 1. The normalized spacial score (nSPS) is 26.0. The van der Waals surface area contributed by atoms with Crippen molar-refractivity contribution < 1.29 is 5.11 Å². The van der Waals surface area contributed by atoms with Crippen molar-refractivity contribution in [3.05, 3.63) is 0 Å². The monoisotopic (exact) mass is 191 g/mol. The molecule has 1 fully saturated rings. The molecular formula is C9H18ClNO. The molecule has 12 heavy (non-hydrogen) atoms. The van der Waals surface area contributed by atoms with Gasteiger partial charge in [-0.1, -0.05) is 6.42 Å². The fourth-order valence-electron chi connectivity index (χ4n) is 1.82. The highest BCUT2D eigenvalue weighted by Crippen LogP contribution is 2.16. The van der Waals surface area contributed by atoms with Crippen molar-refractivity contribution in [3.63, 3.8) is 0 Å². The molecule has 0 aromatic carbocycles. The lowest BCUT2D eigenvalue weighted by molar-refractivity contribution is 0.0906. The molecule has 0 aromatic heterocycles. The van der Waals surface area contributed by atoms with Gasteiger partial charge in [-0.25, -0.2) is 0 Å². The van der Waals surface area contributed by atoms with Crippen molar-refractivity contribution in [2.75, 3.05) is 25.6 Å². The molecule has 2 nitrogen and oxygen atoms in total. The third-order valence-corrected chi connectivity index (χ3v) is 2.81. The second-order valence-corrected chi connectivity index (χ2v) is 3.79. The molecule has 1 rings (SSSR count). The van der Waals surface area contributed by atoms with Crippen LogP contribution in [0.2, 0.25) is 0 Å². The summed E-state index contributed by atoms with van der Waals surface area (Å²) in [4.78, 5) is 2.37. The molecule has 0 spiro atoms. The van der Waals surface area contributed by atoms with Gasteiger partial charge in [-0.15, -0.1) is 11.6 Å². The van der Waals surface area contributed by atoms with Gasteiger partial charge in [0.25, 0.3) is 0 Å². The lowest BCUT2D eigenvalue weighted by Gasteiger charge is -2.34. The quantitative estimate of drug-likeness (QED) is 0.681. The Hall–Kier alpha value is 0.210. The lowest BCUT2D eigenvalue weighted by Crippen LogP contribution is -2.42. The molecule has 1 saturated heterocycles. The maximum absolute atomic E-state index is 9.09. The van der Waals surface area contributed by atoms with Gasteiger partial charge in [0.15, 0.2) is 0 Å². The van der Waals surface area contributed by atoms with E-state index >= 15 is 0 Å². The Morgan fingerprint density at radius 3 is 2.92 bits per heavy atom. The van der Waals surface area contributed by atoms with E-state index in [2.05, 4.69) is 4.90 Å². The number of aliphatic hydroxyl groups is 1.